The minimum atomic E-state index is 0.233. The first-order valence-corrected chi connectivity index (χ1v) is 3.04. The molecule has 1 saturated heterocycles. The van der Waals surface area contributed by atoms with Gasteiger partial charge in [-0.25, -0.2) is 0 Å². The van der Waals surface area contributed by atoms with Crippen molar-refractivity contribution in [2.75, 3.05) is 6.54 Å². The molecule has 1 rings (SSSR count). The molecule has 0 radical (unpaired) electrons. The highest BCUT2D eigenvalue weighted by molar-refractivity contribution is 4.80. The second-order valence-corrected chi connectivity index (χ2v) is 3.59. The third-order valence-corrected chi connectivity index (χ3v) is 1.68. The molecule has 2 heteroatoms. The molecule has 0 amide bonds. The maximum Gasteiger partial charge on any atom is 0.142 e. The van der Waals surface area contributed by atoms with E-state index < -0.39 is 0 Å². The molecular weight excluding hydrogens is 102 g/mol. The summed E-state index contributed by atoms with van der Waals surface area (Å²) in [6.07, 6.45) is 0. The Kier molecular flexibility index (Phi) is 1.10. The van der Waals surface area contributed by atoms with E-state index in [1.807, 2.05) is 0 Å². The largest absolute Gasteiger partial charge is 0.634 e. The third kappa shape index (κ3) is 1.01. The predicted molar refractivity (Wildman–Crippen MR) is 32.4 cm³/mol. The molecule has 0 bridgehead atoms. The van der Waals surface area contributed by atoms with Crippen molar-refractivity contribution < 1.29 is 5.06 Å². The van der Waals surface area contributed by atoms with Crippen LogP contribution in [0.1, 0.15) is 20.8 Å². The van der Waals surface area contributed by atoms with Crippen LogP contribution in [0.5, 0.6) is 0 Å². The topological polar surface area (TPSA) is 27.5 Å². The Morgan fingerprint density at radius 3 is 1.88 bits per heavy atom. The van der Waals surface area contributed by atoms with Gasteiger partial charge in [0, 0.05) is 5.41 Å². The molecule has 1 aliphatic rings. The smallest absolute Gasteiger partial charge is 0.142 e. The zero-order valence-corrected chi connectivity index (χ0v) is 5.69. The number of hydrogen-bond acceptors (Lipinski definition) is 1. The fourth-order valence-corrected chi connectivity index (χ4v) is 0.931. The summed E-state index contributed by atoms with van der Waals surface area (Å²) < 4.78 is 0. The zero-order valence-electron chi connectivity index (χ0n) is 5.69. The lowest BCUT2D eigenvalue weighted by Crippen LogP contribution is -2.89. The van der Waals surface area contributed by atoms with Gasteiger partial charge in [0.1, 0.15) is 12.6 Å². The maximum atomic E-state index is 10.5. The van der Waals surface area contributed by atoms with Crippen LogP contribution in [0.4, 0.5) is 0 Å². The van der Waals surface area contributed by atoms with Gasteiger partial charge < -0.3 is 10.3 Å². The standard InChI is InChI=1S/C6H13NO/c1-6(2,3)5-4-7(5)8/h5,7H,4H2,1-3H3. The van der Waals surface area contributed by atoms with Crippen molar-refractivity contribution >= 4 is 0 Å². The minimum absolute atomic E-state index is 0.233. The molecule has 0 spiro atoms. The van der Waals surface area contributed by atoms with Gasteiger partial charge in [-0.1, -0.05) is 20.8 Å². The summed E-state index contributed by atoms with van der Waals surface area (Å²) in [5.74, 6) is 0. The Morgan fingerprint density at radius 2 is 1.88 bits per heavy atom. The Morgan fingerprint density at radius 1 is 1.50 bits per heavy atom. The average Bonchev–Trinajstić information content (AvgIpc) is 2.13. The Balaban J connectivity index is 2.39. The molecule has 1 N–H and O–H groups in total. The van der Waals surface area contributed by atoms with E-state index in [1.54, 1.807) is 0 Å². The number of hydroxylamine groups is 2. The van der Waals surface area contributed by atoms with Crippen molar-refractivity contribution in [3.8, 4) is 0 Å². The quantitative estimate of drug-likeness (QED) is 0.343. The van der Waals surface area contributed by atoms with Crippen LogP contribution in [-0.4, -0.2) is 12.6 Å². The van der Waals surface area contributed by atoms with Crippen LogP contribution in [0, 0.1) is 10.6 Å². The van der Waals surface area contributed by atoms with Crippen LogP contribution < -0.4 is 5.06 Å². The third-order valence-electron chi connectivity index (χ3n) is 1.68. The summed E-state index contributed by atoms with van der Waals surface area (Å²) in [6, 6.07) is 0.377. The van der Waals surface area contributed by atoms with Gasteiger partial charge in [-0.3, -0.25) is 0 Å². The lowest BCUT2D eigenvalue weighted by molar-refractivity contribution is -0.719. The van der Waals surface area contributed by atoms with Gasteiger partial charge in [0.15, 0.2) is 0 Å². The second-order valence-electron chi connectivity index (χ2n) is 3.59. The molecule has 0 aromatic carbocycles. The molecule has 0 aromatic heterocycles. The first kappa shape index (κ1) is 6.05. The van der Waals surface area contributed by atoms with Gasteiger partial charge in [0.25, 0.3) is 0 Å². The molecule has 2 unspecified atom stereocenters. The Hall–Kier alpha value is -0.0800. The highest BCUT2D eigenvalue weighted by Crippen LogP contribution is 2.20. The van der Waals surface area contributed by atoms with E-state index in [4.69, 9.17) is 0 Å². The summed E-state index contributed by atoms with van der Waals surface area (Å²) in [5.41, 5.74) is 0.233. The van der Waals surface area contributed by atoms with E-state index in [0.717, 1.165) is 6.54 Å². The molecular formula is C6H13NO. The summed E-state index contributed by atoms with van der Waals surface area (Å²) in [6.45, 7) is 7.16. The molecule has 1 aliphatic heterocycles. The molecule has 1 heterocycles. The Bertz CT molecular complexity index is 95.2. The lowest BCUT2D eigenvalue weighted by atomic mass is 9.92. The van der Waals surface area contributed by atoms with Crippen LogP contribution in [0.3, 0.4) is 0 Å². The number of hydrogen-bond donors (Lipinski definition) is 1. The normalized spacial score (nSPS) is 37.5. The van der Waals surface area contributed by atoms with Gasteiger partial charge in [-0.15, -0.1) is 0 Å². The van der Waals surface area contributed by atoms with Crippen molar-refractivity contribution in [3.63, 3.8) is 0 Å². The zero-order chi connectivity index (χ0) is 6.36. The van der Waals surface area contributed by atoms with Crippen LogP contribution in [0.15, 0.2) is 0 Å². The SMILES string of the molecule is CC(C)(C)C1C[NH+]1[O-]. The minimum Gasteiger partial charge on any atom is -0.634 e. The van der Waals surface area contributed by atoms with Gasteiger partial charge in [-0.2, -0.15) is 0 Å². The monoisotopic (exact) mass is 115 g/mol. The first-order valence-electron chi connectivity index (χ1n) is 3.04. The number of nitrogens with one attached hydrogen (secondary N) is 1. The van der Waals surface area contributed by atoms with Crippen LogP contribution in [0.2, 0.25) is 0 Å². The molecule has 0 aromatic rings. The summed E-state index contributed by atoms with van der Waals surface area (Å²) in [5, 5.41) is 11.0. The van der Waals surface area contributed by atoms with E-state index in [1.165, 1.54) is 0 Å². The van der Waals surface area contributed by atoms with Gasteiger partial charge in [-0.05, 0) is 0 Å². The van der Waals surface area contributed by atoms with Crippen LogP contribution >= 0.6 is 0 Å². The van der Waals surface area contributed by atoms with Crippen molar-refractivity contribution in [2.24, 2.45) is 5.41 Å². The average molecular weight is 115 g/mol. The lowest BCUT2D eigenvalue weighted by Gasteiger charge is -2.14. The molecule has 1 fully saturated rings. The van der Waals surface area contributed by atoms with Crippen molar-refractivity contribution in [2.45, 2.75) is 26.8 Å². The molecule has 2 nitrogen and oxygen atoms in total. The van der Waals surface area contributed by atoms with E-state index >= 15 is 0 Å². The molecule has 8 heavy (non-hydrogen) atoms. The van der Waals surface area contributed by atoms with Crippen molar-refractivity contribution in [1.29, 1.82) is 0 Å². The number of rotatable bonds is 0. The van der Waals surface area contributed by atoms with Crippen molar-refractivity contribution in [3.05, 3.63) is 5.21 Å². The van der Waals surface area contributed by atoms with Crippen molar-refractivity contribution in [1.82, 2.24) is 0 Å². The van der Waals surface area contributed by atoms with E-state index in [-0.39, 0.29) is 5.41 Å². The molecule has 48 valence electrons. The van der Waals surface area contributed by atoms with Gasteiger partial charge in [0.2, 0.25) is 0 Å². The highest BCUT2D eigenvalue weighted by Gasteiger charge is 2.43. The van der Waals surface area contributed by atoms with Gasteiger partial charge >= 0.3 is 0 Å². The molecule has 0 aliphatic carbocycles. The highest BCUT2D eigenvalue weighted by atomic mass is 16.5. The fourth-order valence-electron chi connectivity index (χ4n) is 0.931. The molecule has 0 saturated carbocycles. The maximum absolute atomic E-state index is 10.5. The van der Waals surface area contributed by atoms with Crippen LogP contribution in [0.25, 0.3) is 0 Å². The van der Waals surface area contributed by atoms with Gasteiger partial charge in [0.05, 0.1) is 0 Å². The molecule has 2 atom stereocenters. The predicted octanol–water partition coefficient (Wildman–Crippen LogP) is -0.203. The fraction of sp³-hybridized carbons (Fsp3) is 1.00. The summed E-state index contributed by atoms with van der Waals surface area (Å²) in [7, 11) is 0. The second kappa shape index (κ2) is 1.45. The number of quaternary nitrogens is 1. The van der Waals surface area contributed by atoms with E-state index in [9.17, 15) is 5.21 Å². The summed E-state index contributed by atoms with van der Waals surface area (Å²) >= 11 is 0. The van der Waals surface area contributed by atoms with E-state index in [0.29, 0.717) is 11.1 Å². The summed E-state index contributed by atoms with van der Waals surface area (Å²) in [4.78, 5) is 0. The Labute approximate surface area is 50.1 Å². The van der Waals surface area contributed by atoms with Crippen LogP contribution in [-0.2, 0) is 0 Å². The first-order chi connectivity index (χ1) is 3.52. The van der Waals surface area contributed by atoms with E-state index in [2.05, 4.69) is 20.8 Å².